The Morgan fingerprint density at radius 1 is 1.50 bits per heavy atom. The highest BCUT2D eigenvalue weighted by molar-refractivity contribution is 6.32. The number of halogens is 2. The first-order valence-electron chi connectivity index (χ1n) is 6.04. The summed E-state index contributed by atoms with van der Waals surface area (Å²) >= 11 is 5.74. The molecule has 20 heavy (non-hydrogen) atoms. The van der Waals surface area contributed by atoms with E-state index < -0.39 is 23.7 Å². The largest absolute Gasteiger partial charge is 0.467 e. The van der Waals surface area contributed by atoms with Crippen molar-refractivity contribution in [2.45, 2.75) is 26.3 Å². The van der Waals surface area contributed by atoms with Gasteiger partial charge in [-0.25, -0.2) is 14.2 Å². The van der Waals surface area contributed by atoms with Gasteiger partial charge >= 0.3 is 5.97 Å². The summed E-state index contributed by atoms with van der Waals surface area (Å²) < 4.78 is 17.7. The average Bonchev–Trinajstić information content (AvgIpc) is 2.39. The molecular formula is C13H16ClFN2O3. The smallest absolute Gasteiger partial charge is 0.328 e. The molecule has 0 aliphatic rings. The van der Waals surface area contributed by atoms with Crippen LogP contribution in [0, 0.1) is 11.7 Å². The van der Waals surface area contributed by atoms with Crippen molar-refractivity contribution >= 4 is 23.5 Å². The third-order valence-corrected chi connectivity index (χ3v) is 2.85. The summed E-state index contributed by atoms with van der Waals surface area (Å²) in [5.41, 5.74) is -0.121. The van der Waals surface area contributed by atoms with Gasteiger partial charge in [-0.2, -0.15) is 0 Å². The molecule has 0 spiro atoms. The van der Waals surface area contributed by atoms with E-state index in [0.717, 1.165) is 12.3 Å². The zero-order valence-corrected chi connectivity index (χ0v) is 12.2. The molecule has 0 saturated carbocycles. The van der Waals surface area contributed by atoms with Gasteiger partial charge < -0.3 is 10.1 Å². The van der Waals surface area contributed by atoms with Crippen molar-refractivity contribution in [2.24, 2.45) is 5.92 Å². The SMILES string of the molecule is COC(=O)C(CC(C)C)NC(=O)c1cc(F)cnc1Cl. The lowest BCUT2D eigenvalue weighted by Gasteiger charge is -2.18. The number of methoxy groups -OCH3 is 1. The first-order chi connectivity index (χ1) is 9.35. The second kappa shape index (κ2) is 7.19. The Labute approximate surface area is 121 Å². The minimum absolute atomic E-state index is 0.121. The maximum absolute atomic E-state index is 13.1. The van der Waals surface area contributed by atoms with E-state index in [0.29, 0.717) is 6.42 Å². The molecule has 1 unspecified atom stereocenters. The molecule has 0 fully saturated rings. The fraction of sp³-hybridized carbons (Fsp3) is 0.462. The van der Waals surface area contributed by atoms with Gasteiger partial charge in [-0.3, -0.25) is 4.79 Å². The van der Waals surface area contributed by atoms with Crippen molar-refractivity contribution in [1.29, 1.82) is 0 Å². The second-order valence-electron chi connectivity index (χ2n) is 4.67. The van der Waals surface area contributed by atoms with Crippen LogP contribution >= 0.6 is 11.6 Å². The third kappa shape index (κ3) is 4.45. The molecule has 1 aromatic heterocycles. The molecule has 1 rings (SSSR count). The molecule has 0 aromatic carbocycles. The first-order valence-corrected chi connectivity index (χ1v) is 6.42. The molecule has 0 bridgehead atoms. The summed E-state index contributed by atoms with van der Waals surface area (Å²) in [5.74, 6) is -1.75. The summed E-state index contributed by atoms with van der Waals surface area (Å²) in [6.45, 7) is 3.80. The van der Waals surface area contributed by atoms with E-state index in [2.05, 4.69) is 15.0 Å². The van der Waals surface area contributed by atoms with Crippen LogP contribution in [0.5, 0.6) is 0 Å². The lowest BCUT2D eigenvalue weighted by Crippen LogP contribution is -2.42. The molecule has 7 heteroatoms. The van der Waals surface area contributed by atoms with E-state index in [-0.39, 0.29) is 16.6 Å². The molecule has 1 atom stereocenters. The highest BCUT2D eigenvalue weighted by Gasteiger charge is 2.24. The fourth-order valence-electron chi connectivity index (χ4n) is 1.65. The Morgan fingerprint density at radius 3 is 2.70 bits per heavy atom. The standard InChI is InChI=1S/C13H16ClFN2O3/c1-7(2)4-10(13(19)20-3)17-12(18)9-5-8(15)6-16-11(9)14/h5-7,10H,4H2,1-3H3,(H,17,18). The Hall–Kier alpha value is -1.69. The number of nitrogens with zero attached hydrogens (tertiary/aromatic N) is 1. The fourth-order valence-corrected chi connectivity index (χ4v) is 1.83. The van der Waals surface area contributed by atoms with Gasteiger partial charge in [-0.15, -0.1) is 0 Å². The Morgan fingerprint density at radius 2 is 2.15 bits per heavy atom. The number of hydrogen-bond donors (Lipinski definition) is 1. The van der Waals surface area contributed by atoms with Crippen LogP contribution in [0.15, 0.2) is 12.3 Å². The van der Waals surface area contributed by atoms with Crippen molar-refractivity contribution in [3.8, 4) is 0 Å². The van der Waals surface area contributed by atoms with E-state index in [1.807, 2.05) is 13.8 Å². The van der Waals surface area contributed by atoms with Crippen molar-refractivity contribution in [3.63, 3.8) is 0 Å². The lowest BCUT2D eigenvalue weighted by atomic mass is 10.0. The van der Waals surface area contributed by atoms with Gasteiger partial charge in [0.25, 0.3) is 5.91 Å². The number of carbonyl (C=O) groups is 2. The number of aromatic nitrogens is 1. The number of nitrogens with one attached hydrogen (secondary N) is 1. The summed E-state index contributed by atoms with van der Waals surface area (Å²) in [7, 11) is 1.23. The van der Waals surface area contributed by atoms with Gasteiger partial charge in [0.15, 0.2) is 0 Å². The van der Waals surface area contributed by atoms with Crippen LogP contribution in [0.1, 0.15) is 30.6 Å². The molecule has 1 aromatic rings. The number of carbonyl (C=O) groups excluding carboxylic acids is 2. The Balaban J connectivity index is 2.90. The minimum atomic E-state index is -0.813. The van der Waals surface area contributed by atoms with Crippen LogP contribution in [0.3, 0.4) is 0 Å². The average molecular weight is 303 g/mol. The molecule has 0 radical (unpaired) electrons. The summed E-state index contributed by atoms with van der Waals surface area (Å²) in [4.78, 5) is 27.2. The maximum atomic E-state index is 13.1. The van der Waals surface area contributed by atoms with Gasteiger partial charge in [0.2, 0.25) is 0 Å². The second-order valence-corrected chi connectivity index (χ2v) is 5.03. The quantitative estimate of drug-likeness (QED) is 0.669. The van der Waals surface area contributed by atoms with Crippen LogP contribution in [0.25, 0.3) is 0 Å². The molecule has 1 amide bonds. The van der Waals surface area contributed by atoms with E-state index >= 15 is 0 Å². The van der Waals surface area contributed by atoms with E-state index in [1.54, 1.807) is 0 Å². The first kappa shape index (κ1) is 16.4. The summed E-state index contributed by atoms with van der Waals surface area (Å²) in [6, 6.07) is 0.154. The molecule has 110 valence electrons. The number of pyridine rings is 1. The molecule has 5 nitrogen and oxygen atoms in total. The van der Waals surface area contributed by atoms with E-state index in [9.17, 15) is 14.0 Å². The zero-order chi connectivity index (χ0) is 15.3. The number of amides is 1. The minimum Gasteiger partial charge on any atom is -0.467 e. The van der Waals surface area contributed by atoms with Gasteiger partial charge in [0.05, 0.1) is 18.9 Å². The summed E-state index contributed by atoms with van der Waals surface area (Å²) in [6.07, 6.45) is 1.31. The van der Waals surface area contributed by atoms with Crippen LogP contribution in [0.2, 0.25) is 5.15 Å². The Kier molecular flexibility index (Phi) is 5.88. The van der Waals surface area contributed by atoms with Crippen molar-refractivity contribution in [3.05, 3.63) is 28.8 Å². The third-order valence-electron chi connectivity index (χ3n) is 2.55. The van der Waals surface area contributed by atoms with Crippen molar-refractivity contribution < 1.29 is 18.7 Å². The molecule has 1 N–H and O–H groups in total. The van der Waals surface area contributed by atoms with Crippen LogP contribution in [0.4, 0.5) is 4.39 Å². The molecule has 0 aliphatic heterocycles. The normalized spacial score (nSPS) is 12.1. The maximum Gasteiger partial charge on any atom is 0.328 e. The van der Waals surface area contributed by atoms with Crippen LogP contribution in [-0.4, -0.2) is 30.0 Å². The van der Waals surface area contributed by atoms with Gasteiger partial charge in [-0.05, 0) is 18.4 Å². The van der Waals surface area contributed by atoms with E-state index in [4.69, 9.17) is 11.6 Å². The lowest BCUT2D eigenvalue weighted by molar-refractivity contribution is -0.143. The number of rotatable bonds is 5. The zero-order valence-electron chi connectivity index (χ0n) is 11.4. The van der Waals surface area contributed by atoms with Crippen LogP contribution < -0.4 is 5.32 Å². The van der Waals surface area contributed by atoms with E-state index in [1.165, 1.54) is 7.11 Å². The highest BCUT2D eigenvalue weighted by atomic mass is 35.5. The monoisotopic (exact) mass is 302 g/mol. The predicted octanol–water partition coefficient (Wildman–Crippen LogP) is 2.19. The molecule has 0 saturated heterocycles. The van der Waals surface area contributed by atoms with Crippen LogP contribution in [-0.2, 0) is 9.53 Å². The van der Waals surface area contributed by atoms with Gasteiger partial charge in [0, 0.05) is 0 Å². The van der Waals surface area contributed by atoms with Crippen molar-refractivity contribution in [1.82, 2.24) is 10.3 Å². The summed E-state index contributed by atoms with van der Waals surface area (Å²) in [5, 5.41) is 2.35. The molecule has 0 aliphatic carbocycles. The molecule has 1 heterocycles. The topological polar surface area (TPSA) is 68.3 Å². The van der Waals surface area contributed by atoms with Gasteiger partial charge in [-0.1, -0.05) is 25.4 Å². The number of ether oxygens (including phenoxy) is 1. The number of hydrogen-bond acceptors (Lipinski definition) is 4. The van der Waals surface area contributed by atoms with Gasteiger partial charge in [0.1, 0.15) is 17.0 Å². The number of esters is 1. The predicted molar refractivity (Wildman–Crippen MR) is 71.9 cm³/mol. The van der Waals surface area contributed by atoms with Crippen molar-refractivity contribution in [2.75, 3.05) is 7.11 Å². The highest BCUT2D eigenvalue weighted by Crippen LogP contribution is 2.15. The Bertz CT molecular complexity index is 508. The molecular weight excluding hydrogens is 287 g/mol.